The van der Waals surface area contributed by atoms with E-state index in [4.69, 9.17) is 5.73 Å². The fourth-order valence-electron chi connectivity index (χ4n) is 4.90. The molecule has 4 unspecified atom stereocenters. The van der Waals surface area contributed by atoms with E-state index in [9.17, 15) is 24.3 Å². The molecule has 0 aromatic heterocycles. The third-order valence-electron chi connectivity index (χ3n) is 6.49. The molecular weight excluding hydrogens is 436 g/mol. The lowest BCUT2D eigenvalue weighted by Gasteiger charge is -2.30. The number of hydrogen-bond donors (Lipinski definition) is 5. The van der Waals surface area contributed by atoms with E-state index in [1.54, 1.807) is 0 Å². The zero-order valence-electron chi connectivity index (χ0n) is 18.4. The summed E-state index contributed by atoms with van der Waals surface area (Å²) in [6.45, 7) is 0.159. The Labute approximate surface area is 196 Å². The van der Waals surface area contributed by atoms with Gasteiger partial charge in [0, 0.05) is 12.6 Å². The summed E-state index contributed by atoms with van der Waals surface area (Å²) in [4.78, 5) is 48.7. The van der Waals surface area contributed by atoms with E-state index in [2.05, 4.69) is 16.0 Å². The number of carboxylic acid groups (broad SMARTS) is 1. The Morgan fingerprint density at radius 3 is 2.26 bits per heavy atom. The van der Waals surface area contributed by atoms with Crippen molar-refractivity contribution in [2.45, 2.75) is 24.4 Å². The van der Waals surface area contributed by atoms with Gasteiger partial charge in [0.1, 0.15) is 5.54 Å². The maximum absolute atomic E-state index is 12.7. The summed E-state index contributed by atoms with van der Waals surface area (Å²) >= 11 is 0. The third-order valence-corrected chi connectivity index (χ3v) is 6.49. The molecule has 9 heteroatoms. The van der Waals surface area contributed by atoms with Gasteiger partial charge in [-0.2, -0.15) is 0 Å². The van der Waals surface area contributed by atoms with E-state index in [0.717, 1.165) is 16.7 Å². The number of hydrogen-bond acceptors (Lipinski definition) is 5. The van der Waals surface area contributed by atoms with E-state index in [-0.39, 0.29) is 19.4 Å². The van der Waals surface area contributed by atoms with Crippen molar-refractivity contribution in [3.05, 3.63) is 71.3 Å². The van der Waals surface area contributed by atoms with Gasteiger partial charge in [-0.1, -0.05) is 66.7 Å². The number of fused-ring (bicyclic) bond motifs is 1. The van der Waals surface area contributed by atoms with Gasteiger partial charge in [0.25, 0.3) is 0 Å². The topological polar surface area (TPSA) is 151 Å². The maximum atomic E-state index is 12.7. The van der Waals surface area contributed by atoms with Crippen LogP contribution in [0.25, 0.3) is 12.2 Å². The van der Waals surface area contributed by atoms with E-state index in [0.29, 0.717) is 0 Å². The second-order valence-corrected chi connectivity index (χ2v) is 8.56. The number of imide groups is 1. The molecular formula is C25H26N4O5. The van der Waals surface area contributed by atoms with Crippen molar-refractivity contribution in [2.24, 2.45) is 17.6 Å². The zero-order chi connectivity index (χ0) is 24.3. The minimum atomic E-state index is -1.64. The average Bonchev–Trinajstić information content (AvgIpc) is 3.33. The van der Waals surface area contributed by atoms with E-state index in [1.165, 1.54) is 0 Å². The van der Waals surface area contributed by atoms with Crippen molar-refractivity contribution in [1.82, 2.24) is 16.0 Å². The predicted molar refractivity (Wildman–Crippen MR) is 125 cm³/mol. The van der Waals surface area contributed by atoms with Gasteiger partial charge in [0.05, 0.1) is 11.8 Å². The Bertz CT molecular complexity index is 1130. The lowest BCUT2D eigenvalue weighted by molar-refractivity contribution is -0.149. The number of primary amides is 1. The van der Waals surface area contributed by atoms with Crippen LogP contribution < -0.4 is 21.7 Å². The quantitative estimate of drug-likeness (QED) is 0.229. The van der Waals surface area contributed by atoms with Crippen LogP contribution in [0.3, 0.4) is 0 Å². The van der Waals surface area contributed by atoms with Gasteiger partial charge in [-0.25, -0.2) is 4.79 Å². The smallest absolute Gasteiger partial charge is 0.324 e. The van der Waals surface area contributed by atoms with E-state index < -0.39 is 47.2 Å². The summed E-state index contributed by atoms with van der Waals surface area (Å²) in [5.74, 6) is -4.21. The van der Waals surface area contributed by atoms with Crippen LogP contribution in [0.1, 0.15) is 35.6 Å². The molecule has 0 bridgehead atoms. The number of urea groups is 1. The Kier molecular flexibility index (Phi) is 6.47. The molecule has 176 valence electrons. The van der Waals surface area contributed by atoms with Crippen LogP contribution in [-0.4, -0.2) is 41.0 Å². The Morgan fingerprint density at radius 2 is 1.65 bits per heavy atom. The van der Waals surface area contributed by atoms with Gasteiger partial charge >= 0.3 is 12.0 Å². The van der Waals surface area contributed by atoms with Crippen molar-refractivity contribution in [1.29, 1.82) is 0 Å². The highest BCUT2D eigenvalue weighted by Crippen LogP contribution is 2.48. The first kappa shape index (κ1) is 23.2. The predicted octanol–water partition coefficient (Wildman–Crippen LogP) is 1.66. The van der Waals surface area contributed by atoms with Gasteiger partial charge < -0.3 is 16.2 Å². The lowest BCUT2D eigenvalue weighted by Crippen LogP contribution is -2.55. The van der Waals surface area contributed by atoms with E-state index in [1.807, 2.05) is 66.7 Å². The minimum Gasteiger partial charge on any atom is -0.480 e. The molecule has 0 spiro atoms. The number of amides is 4. The number of nitrogens with two attached hydrogens (primary N) is 1. The number of carbonyl (C=O) groups excluding carboxylic acids is 3. The highest BCUT2D eigenvalue weighted by molar-refractivity contribution is 6.09. The Balaban J connectivity index is 1.58. The van der Waals surface area contributed by atoms with Gasteiger partial charge in [-0.15, -0.1) is 0 Å². The van der Waals surface area contributed by atoms with Gasteiger partial charge in [-0.3, -0.25) is 25.0 Å². The van der Waals surface area contributed by atoms with Gasteiger partial charge in [-0.05, 0) is 29.5 Å². The molecule has 2 aliphatic heterocycles. The normalized spacial score (nSPS) is 25.8. The largest absolute Gasteiger partial charge is 0.480 e. The summed E-state index contributed by atoms with van der Waals surface area (Å²) in [5, 5.41) is 18.0. The Hall–Kier alpha value is -3.98. The number of carboxylic acids is 1. The fourth-order valence-corrected chi connectivity index (χ4v) is 4.90. The van der Waals surface area contributed by atoms with Crippen molar-refractivity contribution >= 4 is 36.0 Å². The summed E-state index contributed by atoms with van der Waals surface area (Å²) < 4.78 is 0. The van der Waals surface area contributed by atoms with Crippen LogP contribution >= 0.6 is 0 Å². The standard InChI is InChI=1S/C25H26N4O5/c26-24(34)27-14-4-13-25(23(32)33)19-18(21(30)28-22(19)31)20(29-25)17-11-9-16(10-12-17)8-7-15-5-2-1-3-6-15/h1-3,5-12,18-20,29H,4,13-14H2,(H,32,33)(H3,26,27,34)(H,28,30,31). The molecule has 4 rings (SSSR count). The van der Waals surface area contributed by atoms with Crippen molar-refractivity contribution in [3.8, 4) is 0 Å². The van der Waals surface area contributed by atoms with Crippen LogP contribution in [0.15, 0.2) is 54.6 Å². The molecule has 2 saturated heterocycles. The fraction of sp³-hybridized carbons (Fsp3) is 0.280. The first-order chi connectivity index (χ1) is 16.3. The monoisotopic (exact) mass is 462 g/mol. The first-order valence-corrected chi connectivity index (χ1v) is 11.0. The molecule has 0 radical (unpaired) electrons. The van der Waals surface area contributed by atoms with Gasteiger partial charge in [0.15, 0.2) is 0 Å². The second-order valence-electron chi connectivity index (χ2n) is 8.56. The van der Waals surface area contributed by atoms with Crippen LogP contribution in [0.5, 0.6) is 0 Å². The summed E-state index contributed by atoms with van der Waals surface area (Å²) in [6, 6.07) is 15.9. The van der Waals surface area contributed by atoms with Crippen molar-refractivity contribution in [2.75, 3.05) is 6.54 Å². The molecule has 2 fully saturated rings. The molecule has 4 atom stereocenters. The lowest BCUT2D eigenvalue weighted by atomic mass is 9.77. The van der Waals surface area contributed by atoms with Crippen molar-refractivity contribution < 1.29 is 24.3 Å². The number of benzene rings is 2. The van der Waals surface area contributed by atoms with Crippen molar-refractivity contribution in [3.63, 3.8) is 0 Å². The molecule has 2 heterocycles. The van der Waals surface area contributed by atoms with Crippen LogP contribution in [0.4, 0.5) is 4.79 Å². The van der Waals surface area contributed by atoms with Gasteiger partial charge in [0.2, 0.25) is 11.8 Å². The highest BCUT2D eigenvalue weighted by atomic mass is 16.4. The molecule has 9 nitrogen and oxygen atoms in total. The molecule has 0 aliphatic carbocycles. The van der Waals surface area contributed by atoms with E-state index >= 15 is 0 Å². The number of carbonyl (C=O) groups is 4. The molecule has 0 saturated carbocycles. The summed E-state index contributed by atoms with van der Waals surface area (Å²) in [7, 11) is 0. The number of nitrogens with one attached hydrogen (secondary N) is 3. The Morgan fingerprint density at radius 1 is 1.00 bits per heavy atom. The third kappa shape index (κ3) is 4.42. The molecule has 6 N–H and O–H groups in total. The summed E-state index contributed by atoms with van der Waals surface area (Å²) in [6.07, 6.45) is 4.25. The van der Waals surface area contributed by atoms with Crippen LogP contribution in [-0.2, 0) is 14.4 Å². The number of aliphatic carboxylic acids is 1. The highest BCUT2D eigenvalue weighted by Gasteiger charge is 2.65. The second kappa shape index (κ2) is 9.48. The molecule has 2 aliphatic rings. The summed E-state index contributed by atoms with van der Waals surface area (Å²) in [5.41, 5.74) is 6.15. The van der Waals surface area contributed by atoms with Crippen LogP contribution in [0.2, 0.25) is 0 Å². The molecule has 2 aromatic rings. The molecule has 4 amide bonds. The number of rotatable bonds is 8. The molecule has 34 heavy (non-hydrogen) atoms. The zero-order valence-corrected chi connectivity index (χ0v) is 18.4. The average molecular weight is 463 g/mol. The molecule has 2 aromatic carbocycles. The van der Waals surface area contributed by atoms with Crippen LogP contribution in [0, 0.1) is 11.8 Å². The maximum Gasteiger partial charge on any atom is 0.324 e. The first-order valence-electron chi connectivity index (χ1n) is 11.0. The minimum absolute atomic E-state index is 0.0406. The SMILES string of the molecule is NC(=O)NCCCC1(C(=O)O)NC(c2ccc(C=Cc3ccccc3)cc2)C2C(=O)NC(=O)C21.